The van der Waals surface area contributed by atoms with Gasteiger partial charge in [0.05, 0.1) is 68.3 Å². The number of benzene rings is 5. The number of pyridine rings is 2. The predicted molar refractivity (Wildman–Crippen MR) is 306 cm³/mol. The Kier molecular flexibility index (Phi) is 16.9. The predicted octanol–water partition coefficient (Wildman–Crippen LogP) is 13.1. The van der Waals surface area contributed by atoms with E-state index in [2.05, 4.69) is 9.80 Å². The fourth-order valence-electron chi connectivity index (χ4n) is 10.7. The van der Waals surface area contributed by atoms with E-state index in [1.807, 2.05) is 109 Å². The van der Waals surface area contributed by atoms with Crippen LogP contribution in [0.4, 0.5) is 35.0 Å². The number of alkyl halides is 3. The van der Waals surface area contributed by atoms with Crippen LogP contribution in [-0.4, -0.2) is 92.7 Å². The molecular formula is C62H63ClF4N8O6. The molecule has 0 saturated carbocycles. The molecule has 0 N–H and O–H groups in total. The van der Waals surface area contributed by atoms with Gasteiger partial charge in [-0.05, 0) is 129 Å². The number of hydrogen-bond donors (Lipinski definition) is 0. The molecule has 0 bridgehead atoms. The number of ether oxygens (including phenoxy) is 6. The van der Waals surface area contributed by atoms with Crippen LogP contribution < -0.4 is 43.1 Å². The summed E-state index contributed by atoms with van der Waals surface area (Å²) in [5.74, 6) is 2.50. The molecule has 0 unspecified atom stereocenters. The number of rotatable bonds is 20. The molecule has 2 aliphatic heterocycles. The van der Waals surface area contributed by atoms with Crippen LogP contribution in [0.15, 0.2) is 121 Å². The largest absolute Gasteiger partial charge is 0.497 e. The van der Waals surface area contributed by atoms with Crippen molar-refractivity contribution in [1.29, 1.82) is 0 Å². The lowest BCUT2D eigenvalue weighted by Gasteiger charge is -2.33. The number of likely N-dealkylation sites (tertiary alicyclic amines) is 1. The fraction of sp³-hybridized carbons (Fsp3) is 0.323. The molecule has 422 valence electrons. The summed E-state index contributed by atoms with van der Waals surface area (Å²) in [4.78, 5) is 27.7. The first-order chi connectivity index (χ1) is 39.1. The summed E-state index contributed by atoms with van der Waals surface area (Å²) in [5.41, 5.74) is 1.37. The molecule has 10 rings (SSSR count). The SMILES string of the molecule is COc1ccc(CN(Cc2ccc(OC)cc2)c2cc(C)c(C(F)(F)F)c(-c3c(Cl)c4c5c(nc(OC[C@@H]6CCCN6C)nc5c3F)N([C@H](C)c3cccnc3N(Cc3ccc(OC)cc3)Cc3ccc(OC)cc3)CCO4)n2)cc1. The van der Waals surface area contributed by atoms with Gasteiger partial charge in [-0.1, -0.05) is 66.2 Å². The highest BCUT2D eigenvalue weighted by atomic mass is 35.5. The molecule has 0 spiro atoms. The Labute approximate surface area is 473 Å². The van der Waals surface area contributed by atoms with E-state index in [9.17, 15) is 0 Å². The minimum Gasteiger partial charge on any atom is -0.497 e. The quantitative estimate of drug-likeness (QED) is 0.0673. The Bertz CT molecular complexity index is 3390. The highest BCUT2D eigenvalue weighted by Gasteiger charge is 2.41. The monoisotopic (exact) mass is 1130 g/mol. The Hall–Kier alpha value is -8.09. The van der Waals surface area contributed by atoms with Gasteiger partial charge in [-0.15, -0.1) is 0 Å². The van der Waals surface area contributed by atoms with Crippen molar-refractivity contribution in [2.45, 2.75) is 71.1 Å². The molecule has 1 fully saturated rings. The topological polar surface area (TPSA) is 120 Å². The van der Waals surface area contributed by atoms with Gasteiger partial charge in [0.25, 0.3) is 0 Å². The summed E-state index contributed by atoms with van der Waals surface area (Å²) in [7, 11) is 8.39. The maximum atomic E-state index is 18.5. The molecule has 5 aromatic carbocycles. The van der Waals surface area contributed by atoms with Gasteiger partial charge in [0.15, 0.2) is 11.6 Å². The zero-order chi connectivity index (χ0) is 57.0. The van der Waals surface area contributed by atoms with Crippen molar-refractivity contribution < 1.29 is 46.0 Å². The van der Waals surface area contributed by atoms with Crippen LogP contribution in [0.5, 0.6) is 34.8 Å². The van der Waals surface area contributed by atoms with Gasteiger partial charge in [0.2, 0.25) is 0 Å². The van der Waals surface area contributed by atoms with Gasteiger partial charge in [-0.2, -0.15) is 23.1 Å². The number of nitrogens with zero attached hydrogens (tertiary/aromatic N) is 8. The third-order valence-electron chi connectivity index (χ3n) is 15.1. The minimum absolute atomic E-state index is 0.0198. The van der Waals surface area contributed by atoms with Crippen molar-refractivity contribution >= 4 is 40.0 Å². The van der Waals surface area contributed by atoms with Gasteiger partial charge in [-0.3, -0.25) is 0 Å². The maximum Gasteiger partial charge on any atom is 0.418 e. The first-order valence-corrected chi connectivity index (χ1v) is 27.0. The van der Waals surface area contributed by atoms with Crippen molar-refractivity contribution in [1.82, 2.24) is 24.8 Å². The van der Waals surface area contributed by atoms with E-state index in [-0.39, 0.29) is 78.8 Å². The Morgan fingerprint density at radius 1 is 0.728 bits per heavy atom. The Morgan fingerprint density at radius 3 is 1.75 bits per heavy atom. The summed E-state index contributed by atoms with van der Waals surface area (Å²) in [6.45, 7) is 5.86. The Balaban J connectivity index is 1.13. The molecule has 3 aromatic heterocycles. The lowest BCUT2D eigenvalue weighted by molar-refractivity contribution is -0.137. The van der Waals surface area contributed by atoms with Gasteiger partial charge in [0.1, 0.15) is 59.2 Å². The number of aryl methyl sites for hydroxylation is 1. The molecule has 5 heterocycles. The van der Waals surface area contributed by atoms with Crippen molar-refractivity contribution in [3.8, 4) is 46.0 Å². The van der Waals surface area contributed by atoms with Crippen LogP contribution in [-0.2, 0) is 32.4 Å². The molecule has 0 aliphatic carbocycles. The summed E-state index contributed by atoms with van der Waals surface area (Å²) in [6, 6.07) is 34.9. The molecule has 2 aliphatic rings. The highest BCUT2D eigenvalue weighted by molar-refractivity contribution is 6.36. The van der Waals surface area contributed by atoms with Crippen LogP contribution in [0.1, 0.15) is 64.8 Å². The smallest absolute Gasteiger partial charge is 0.418 e. The summed E-state index contributed by atoms with van der Waals surface area (Å²) in [5, 5.41) is -0.351. The number of likely N-dealkylation sites (N-methyl/N-ethyl adjacent to an activating group) is 1. The number of halogens is 5. The number of aromatic nitrogens is 4. The molecule has 1 saturated heterocycles. The Morgan fingerprint density at radius 2 is 1.26 bits per heavy atom. The van der Waals surface area contributed by atoms with E-state index in [1.165, 1.54) is 13.0 Å². The van der Waals surface area contributed by atoms with Crippen molar-refractivity contribution in [2.24, 2.45) is 0 Å². The van der Waals surface area contributed by atoms with Gasteiger partial charge in [0, 0.05) is 44.0 Å². The minimum atomic E-state index is -5.01. The molecule has 0 amide bonds. The number of hydrogen-bond acceptors (Lipinski definition) is 14. The van der Waals surface area contributed by atoms with Crippen LogP contribution in [0, 0.1) is 12.7 Å². The molecule has 19 heteroatoms. The highest BCUT2D eigenvalue weighted by Crippen LogP contribution is 2.51. The first-order valence-electron chi connectivity index (χ1n) is 26.7. The standard InChI is InChI=1S/C62H63ClF4N8O6/c1-38-32-50(73(33-40-12-20-45(76-4)21-13-40)34-41-14-22-46(77-5)23-15-41)69-56(53(38)62(65,66)67)51-54(63)58-52-57(55(51)64)70-61(81-37-44-10-9-29-72(44)3)71-60(52)75(30-31-80-58)39(2)49-11-8-28-68-59(49)74(35-42-16-24-47(78-6)25-17-42)36-43-18-26-48(79-7)27-19-43/h8,11-28,32,39,44H,9-10,29-31,33-37H2,1-7H3/t39-,44+/m1/s1. The molecule has 0 radical (unpaired) electrons. The molecule has 14 nitrogen and oxygen atoms in total. The van der Waals surface area contributed by atoms with E-state index in [0.29, 0.717) is 30.4 Å². The second kappa shape index (κ2) is 24.3. The van der Waals surface area contributed by atoms with Crippen LogP contribution in [0.2, 0.25) is 5.02 Å². The molecule has 2 atom stereocenters. The van der Waals surface area contributed by atoms with E-state index >= 15 is 17.6 Å². The number of methoxy groups -OCH3 is 4. The van der Waals surface area contributed by atoms with E-state index in [4.69, 9.17) is 60.0 Å². The maximum absolute atomic E-state index is 18.5. The van der Waals surface area contributed by atoms with Crippen molar-refractivity contribution in [3.63, 3.8) is 0 Å². The second-order valence-corrected chi connectivity index (χ2v) is 20.6. The lowest BCUT2D eigenvalue weighted by Crippen LogP contribution is -2.33. The van der Waals surface area contributed by atoms with Crippen molar-refractivity contribution in [2.75, 3.05) is 76.5 Å². The third kappa shape index (κ3) is 12.2. The lowest BCUT2D eigenvalue weighted by atomic mass is 9.98. The van der Waals surface area contributed by atoms with Gasteiger partial charge in [-0.25, -0.2) is 14.4 Å². The van der Waals surface area contributed by atoms with E-state index in [1.54, 1.807) is 58.9 Å². The third-order valence-corrected chi connectivity index (χ3v) is 15.4. The van der Waals surface area contributed by atoms with Crippen LogP contribution in [0.3, 0.4) is 0 Å². The van der Waals surface area contributed by atoms with Gasteiger partial charge < -0.3 is 48.0 Å². The fourth-order valence-corrected chi connectivity index (χ4v) is 11.0. The molecule has 8 aromatic rings. The average molecular weight is 1130 g/mol. The normalized spacial score (nSPS) is 14.8. The summed E-state index contributed by atoms with van der Waals surface area (Å²) < 4.78 is 100. The van der Waals surface area contributed by atoms with Gasteiger partial charge >= 0.3 is 12.2 Å². The van der Waals surface area contributed by atoms with Crippen molar-refractivity contribution in [3.05, 3.63) is 171 Å². The zero-order valence-electron chi connectivity index (χ0n) is 46.2. The second-order valence-electron chi connectivity index (χ2n) is 20.2. The summed E-state index contributed by atoms with van der Waals surface area (Å²) in [6.07, 6.45) is -1.45. The summed E-state index contributed by atoms with van der Waals surface area (Å²) >= 11 is 7.38. The van der Waals surface area contributed by atoms with Crippen LogP contribution >= 0.6 is 11.6 Å². The molecule has 81 heavy (non-hydrogen) atoms. The molecular weight excluding hydrogens is 1060 g/mol. The zero-order valence-corrected chi connectivity index (χ0v) is 46.9. The van der Waals surface area contributed by atoms with Crippen LogP contribution in [0.25, 0.3) is 22.2 Å². The van der Waals surface area contributed by atoms with E-state index in [0.717, 1.165) is 58.7 Å². The average Bonchev–Trinajstić information content (AvgIpc) is 3.43. The first kappa shape index (κ1) is 56.2. The van der Waals surface area contributed by atoms with E-state index < -0.39 is 39.9 Å². The number of anilines is 3.